The second-order valence-corrected chi connectivity index (χ2v) is 8.09. The number of nitrogens with one attached hydrogen (secondary N) is 1. The molecule has 0 saturated carbocycles. The standard InChI is InChI=1S/C20H21F3N4O2/c1-11(28)10-25-14-6-13(5-4-12(14)9-24)27-15-7-19(2,3)8-16(29)17(15)18(26-27)20(21,22)23/h4-6,11,25,28H,7-8,10H2,1-3H3/t11-/m1/s1. The number of nitrogens with zero attached hydrogens (tertiary/aromatic N) is 3. The van der Waals surface area contributed by atoms with Gasteiger partial charge in [-0.05, 0) is 37.0 Å². The van der Waals surface area contributed by atoms with Crippen LogP contribution >= 0.6 is 0 Å². The zero-order chi connectivity index (χ0) is 21.6. The first-order chi connectivity index (χ1) is 13.4. The lowest BCUT2D eigenvalue weighted by Gasteiger charge is -2.29. The number of aromatic nitrogens is 2. The minimum Gasteiger partial charge on any atom is -0.392 e. The first kappa shape index (κ1) is 20.9. The van der Waals surface area contributed by atoms with Crippen molar-refractivity contribution in [3.8, 4) is 11.8 Å². The predicted octanol–water partition coefficient (Wildman–Crippen LogP) is 3.71. The summed E-state index contributed by atoms with van der Waals surface area (Å²) in [6.45, 7) is 5.38. The van der Waals surface area contributed by atoms with E-state index in [0.717, 1.165) is 4.68 Å². The van der Waals surface area contributed by atoms with E-state index in [0.29, 0.717) is 11.4 Å². The molecule has 1 aromatic carbocycles. The monoisotopic (exact) mass is 406 g/mol. The number of carbonyl (C=O) groups is 1. The maximum Gasteiger partial charge on any atom is 0.435 e. The van der Waals surface area contributed by atoms with Crippen molar-refractivity contribution in [2.24, 2.45) is 5.41 Å². The molecule has 1 heterocycles. The van der Waals surface area contributed by atoms with Gasteiger partial charge in [-0.1, -0.05) is 13.8 Å². The number of hydrogen-bond acceptors (Lipinski definition) is 5. The Kier molecular flexibility index (Phi) is 5.17. The molecule has 6 nitrogen and oxygen atoms in total. The minimum atomic E-state index is -4.76. The maximum atomic E-state index is 13.6. The second-order valence-electron chi connectivity index (χ2n) is 8.09. The third kappa shape index (κ3) is 4.12. The fraction of sp³-hybridized carbons (Fsp3) is 0.450. The van der Waals surface area contributed by atoms with Crippen LogP contribution in [0, 0.1) is 16.7 Å². The SMILES string of the molecule is C[C@@H](O)CNc1cc(-n2nc(C(F)(F)F)c3c2CC(C)(C)CC3=O)ccc1C#N. The Balaban J connectivity index is 2.18. The quantitative estimate of drug-likeness (QED) is 0.808. The molecule has 1 aliphatic carbocycles. The number of carbonyl (C=O) groups excluding carboxylic acids is 1. The molecular formula is C20H21F3N4O2. The summed E-state index contributed by atoms with van der Waals surface area (Å²) < 4.78 is 41.8. The highest BCUT2D eigenvalue weighted by Gasteiger charge is 2.45. The lowest BCUT2D eigenvalue weighted by atomic mass is 9.75. The molecule has 9 heteroatoms. The molecule has 0 radical (unpaired) electrons. The zero-order valence-corrected chi connectivity index (χ0v) is 16.3. The van der Waals surface area contributed by atoms with Gasteiger partial charge >= 0.3 is 6.18 Å². The normalized spacial score (nSPS) is 16.8. The molecule has 1 atom stereocenters. The number of benzene rings is 1. The molecule has 0 unspecified atom stereocenters. The van der Waals surface area contributed by atoms with Gasteiger partial charge in [0.2, 0.25) is 0 Å². The lowest BCUT2D eigenvalue weighted by molar-refractivity contribution is -0.141. The van der Waals surface area contributed by atoms with E-state index in [9.17, 15) is 28.3 Å². The highest BCUT2D eigenvalue weighted by molar-refractivity contribution is 6.00. The average Bonchev–Trinajstić information content (AvgIpc) is 2.98. The number of fused-ring (bicyclic) bond motifs is 1. The molecule has 0 bridgehead atoms. The van der Waals surface area contributed by atoms with Crippen molar-refractivity contribution >= 4 is 11.5 Å². The van der Waals surface area contributed by atoms with E-state index in [1.807, 2.05) is 19.9 Å². The van der Waals surface area contributed by atoms with Crippen molar-refractivity contribution < 1.29 is 23.1 Å². The number of aliphatic hydroxyl groups excluding tert-OH is 1. The number of rotatable bonds is 4. The van der Waals surface area contributed by atoms with Crippen LogP contribution in [0.2, 0.25) is 0 Å². The number of aliphatic hydroxyl groups is 1. The van der Waals surface area contributed by atoms with E-state index in [1.54, 1.807) is 6.92 Å². The van der Waals surface area contributed by atoms with Crippen LogP contribution in [-0.2, 0) is 12.6 Å². The largest absolute Gasteiger partial charge is 0.435 e. The summed E-state index contributed by atoms with van der Waals surface area (Å²) in [6, 6.07) is 6.46. The summed E-state index contributed by atoms with van der Waals surface area (Å²) in [7, 11) is 0. The van der Waals surface area contributed by atoms with E-state index in [-0.39, 0.29) is 36.2 Å². The van der Waals surface area contributed by atoms with E-state index < -0.39 is 29.2 Å². The summed E-state index contributed by atoms with van der Waals surface area (Å²) >= 11 is 0. The van der Waals surface area contributed by atoms with Gasteiger partial charge in [0.1, 0.15) is 6.07 Å². The van der Waals surface area contributed by atoms with Crippen molar-refractivity contribution in [2.45, 2.75) is 45.9 Å². The summed E-state index contributed by atoms with van der Waals surface area (Å²) in [4.78, 5) is 12.5. The number of hydrogen-bond donors (Lipinski definition) is 2. The van der Waals surface area contributed by atoms with Crippen LogP contribution in [0.1, 0.15) is 54.5 Å². The Morgan fingerprint density at radius 1 is 1.38 bits per heavy atom. The molecule has 3 rings (SSSR count). The first-order valence-electron chi connectivity index (χ1n) is 9.12. The third-order valence-corrected chi connectivity index (χ3v) is 4.77. The van der Waals surface area contributed by atoms with Crippen molar-refractivity contribution in [1.29, 1.82) is 5.26 Å². The van der Waals surface area contributed by atoms with Crippen LogP contribution in [0.3, 0.4) is 0 Å². The third-order valence-electron chi connectivity index (χ3n) is 4.77. The molecule has 0 spiro atoms. The summed E-state index contributed by atoms with van der Waals surface area (Å²) in [6.07, 6.45) is -5.17. The van der Waals surface area contributed by atoms with Gasteiger partial charge in [-0.25, -0.2) is 4.68 Å². The predicted molar refractivity (Wildman–Crippen MR) is 99.9 cm³/mol. The molecular weight excluding hydrogens is 385 g/mol. The highest BCUT2D eigenvalue weighted by atomic mass is 19.4. The summed E-state index contributed by atoms with van der Waals surface area (Å²) in [5, 5.41) is 25.4. The lowest BCUT2D eigenvalue weighted by Crippen LogP contribution is -2.29. The fourth-order valence-electron chi connectivity index (χ4n) is 3.53. The molecule has 0 aliphatic heterocycles. The number of alkyl halides is 3. The number of Topliss-reactive ketones (excluding diaryl/α,β-unsaturated/α-hetero) is 1. The molecule has 2 aromatic rings. The summed E-state index contributed by atoms with van der Waals surface area (Å²) in [5.74, 6) is -0.573. The fourth-order valence-corrected chi connectivity index (χ4v) is 3.53. The molecule has 1 aromatic heterocycles. The maximum absolute atomic E-state index is 13.6. The van der Waals surface area contributed by atoms with Gasteiger partial charge in [-0.2, -0.15) is 23.5 Å². The van der Waals surface area contributed by atoms with Gasteiger partial charge < -0.3 is 10.4 Å². The number of halogens is 3. The Labute approximate surface area is 165 Å². The molecule has 0 fully saturated rings. The van der Waals surface area contributed by atoms with Gasteiger partial charge in [0.05, 0.1) is 34.3 Å². The van der Waals surface area contributed by atoms with Crippen molar-refractivity contribution in [1.82, 2.24) is 9.78 Å². The van der Waals surface area contributed by atoms with Crippen LogP contribution in [0.15, 0.2) is 18.2 Å². The number of ketones is 1. The van der Waals surface area contributed by atoms with E-state index in [2.05, 4.69) is 10.4 Å². The Morgan fingerprint density at radius 2 is 2.07 bits per heavy atom. The zero-order valence-electron chi connectivity index (χ0n) is 16.3. The van der Waals surface area contributed by atoms with Crippen molar-refractivity contribution in [2.75, 3.05) is 11.9 Å². The smallest absolute Gasteiger partial charge is 0.392 e. The average molecular weight is 406 g/mol. The number of nitriles is 1. The molecule has 0 saturated heterocycles. The van der Waals surface area contributed by atoms with Gasteiger partial charge in [0.15, 0.2) is 11.5 Å². The van der Waals surface area contributed by atoms with Crippen LogP contribution in [0.25, 0.3) is 5.69 Å². The highest BCUT2D eigenvalue weighted by Crippen LogP contribution is 2.42. The van der Waals surface area contributed by atoms with Gasteiger partial charge in [0, 0.05) is 13.0 Å². The van der Waals surface area contributed by atoms with Crippen LogP contribution in [-0.4, -0.2) is 33.3 Å². The Bertz CT molecular complexity index is 1000. The van der Waals surface area contributed by atoms with Crippen LogP contribution in [0.4, 0.5) is 18.9 Å². The Hall–Kier alpha value is -2.86. The molecule has 1 aliphatic rings. The van der Waals surface area contributed by atoms with E-state index in [1.165, 1.54) is 18.2 Å². The van der Waals surface area contributed by atoms with Crippen molar-refractivity contribution in [3.05, 3.63) is 40.7 Å². The van der Waals surface area contributed by atoms with E-state index >= 15 is 0 Å². The molecule has 29 heavy (non-hydrogen) atoms. The van der Waals surface area contributed by atoms with Gasteiger partial charge in [0.25, 0.3) is 0 Å². The van der Waals surface area contributed by atoms with Crippen molar-refractivity contribution in [3.63, 3.8) is 0 Å². The minimum absolute atomic E-state index is 0.0172. The van der Waals surface area contributed by atoms with E-state index in [4.69, 9.17) is 0 Å². The van der Waals surface area contributed by atoms with Crippen LogP contribution < -0.4 is 5.32 Å². The second kappa shape index (κ2) is 7.19. The topological polar surface area (TPSA) is 90.9 Å². The van der Waals surface area contributed by atoms with Gasteiger partial charge in [-0.15, -0.1) is 0 Å². The molecule has 0 amide bonds. The molecule has 154 valence electrons. The van der Waals surface area contributed by atoms with Crippen LogP contribution in [0.5, 0.6) is 0 Å². The number of anilines is 1. The van der Waals surface area contributed by atoms with Gasteiger partial charge in [-0.3, -0.25) is 4.79 Å². The molecule has 2 N–H and O–H groups in total. The first-order valence-corrected chi connectivity index (χ1v) is 9.12. The summed E-state index contributed by atoms with van der Waals surface area (Å²) in [5.41, 5.74) is -0.896. The Morgan fingerprint density at radius 3 is 2.66 bits per heavy atom.